The quantitative estimate of drug-likeness (QED) is 0.0125. The smallest absolute Gasteiger partial charge is 0.305 e. The van der Waals surface area contributed by atoms with Gasteiger partial charge in [0.25, 0.3) is 11.8 Å². The number of H-pyrrole nitrogens is 1. The normalized spacial score (nSPS) is 14.6. The number of primary amides is 1. The number of carboxylic acids is 1. The molecule has 0 saturated carbocycles. The average molecular weight is 1210 g/mol. The molecule has 1 aromatic rings. The van der Waals surface area contributed by atoms with E-state index < -0.39 is 183 Å². The molecule has 0 aromatic carbocycles. The summed E-state index contributed by atoms with van der Waals surface area (Å²) in [6, 6.07) is -13.9. The zero-order chi connectivity index (χ0) is 63.8. The Morgan fingerprint density at radius 3 is 1.68 bits per heavy atom. The van der Waals surface area contributed by atoms with E-state index in [1.165, 1.54) is 19.6 Å². The number of carbonyl (C=O) groups is 14. The minimum atomic E-state index is -2.12. The maximum absolute atomic E-state index is 13.7. The number of aromatic amines is 1. The number of aliphatic hydroxyl groups excluding tert-OH is 2. The van der Waals surface area contributed by atoms with E-state index in [4.69, 9.17) is 32.1 Å². The van der Waals surface area contributed by atoms with E-state index in [1.54, 1.807) is 13.8 Å². The summed E-state index contributed by atoms with van der Waals surface area (Å²) >= 11 is 0. The molecular formula is C48H76N18O19. The number of carbonyl (C=O) groups excluding carboxylic acids is 13. The molecule has 85 heavy (non-hydrogen) atoms. The van der Waals surface area contributed by atoms with Gasteiger partial charge in [-0.3, -0.25) is 77.4 Å². The van der Waals surface area contributed by atoms with Gasteiger partial charge in [-0.15, -0.1) is 0 Å². The number of hydrogen-bond donors (Lipinski definition) is 19. The van der Waals surface area contributed by atoms with Gasteiger partial charge in [0, 0.05) is 51.5 Å². The van der Waals surface area contributed by atoms with Crippen molar-refractivity contribution in [2.75, 3.05) is 72.9 Å². The number of aromatic nitrogens is 2. The number of imide groups is 1. The molecule has 37 heteroatoms. The molecule has 22 N–H and O–H groups in total. The molecule has 472 valence electrons. The number of aliphatic hydroxyl groups is 2. The predicted molar refractivity (Wildman–Crippen MR) is 290 cm³/mol. The van der Waals surface area contributed by atoms with Crippen LogP contribution in [0.25, 0.3) is 0 Å². The Balaban J connectivity index is 2.22. The van der Waals surface area contributed by atoms with Crippen molar-refractivity contribution in [3.05, 3.63) is 30.4 Å². The number of carboxylic acid groups (broad SMARTS) is 1. The zero-order valence-corrected chi connectivity index (χ0v) is 46.8. The van der Waals surface area contributed by atoms with E-state index in [-0.39, 0.29) is 63.6 Å². The number of methoxy groups -OCH3 is 1. The molecule has 13 amide bonds. The second kappa shape index (κ2) is 37.8. The highest BCUT2D eigenvalue weighted by Crippen LogP contribution is 2.12. The van der Waals surface area contributed by atoms with Gasteiger partial charge in [0.05, 0.1) is 71.0 Å². The van der Waals surface area contributed by atoms with Gasteiger partial charge in [0.15, 0.2) is 5.96 Å². The molecule has 2 rings (SSSR count). The van der Waals surface area contributed by atoms with Crippen LogP contribution in [0.15, 0.2) is 24.7 Å². The number of ether oxygens (including phenoxy) is 2. The second-order valence-corrected chi connectivity index (χ2v) is 19.0. The Morgan fingerprint density at radius 1 is 0.635 bits per heavy atom. The van der Waals surface area contributed by atoms with Gasteiger partial charge in [0.1, 0.15) is 48.3 Å². The van der Waals surface area contributed by atoms with E-state index >= 15 is 0 Å². The Morgan fingerprint density at radius 2 is 1.15 bits per heavy atom. The average Bonchev–Trinajstić information content (AvgIpc) is 4.25. The van der Waals surface area contributed by atoms with Gasteiger partial charge < -0.3 is 105 Å². The van der Waals surface area contributed by atoms with Gasteiger partial charge >= 0.3 is 5.97 Å². The molecule has 8 atom stereocenters. The lowest BCUT2D eigenvalue weighted by atomic mass is 10.0. The Hall–Kier alpha value is -9.20. The summed E-state index contributed by atoms with van der Waals surface area (Å²) in [5, 5.41) is 62.5. The molecule has 2 heterocycles. The van der Waals surface area contributed by atoms with Crippen molar-refractivity contribution >= 4 is 88.7 Å². The molecule has 0 bridgehead atoms. The molecule has 0 unspecified atom stereocenters. The highest BCUT2D eigenvalue weighted by atomic mass is 16.5. The molecule has 0 aliphatic carbocycles. The number of rotatable bonds is 41. The van der Waals surface area contributed by atoms with Crippen molar-refractivity contribution < 1.29 is 91.9 Å². The number of imidazole rings is 1. The standard InChI is InChI=1S/C48H76N18O19/c1-24(2)13-27(63-47(83)33(17-49)66-37(72)6-7-38(66)73)43(79)64-31(21-67)41(77)57-20-36(71)59-26(5-4-8-55-48(51)52)42(78)65-32(22-68)46(82)62-30(16-39(74)75)45(81)61-29(15-34(50)69)44(80)60-28(14-25-18-53-23-58-25)40(76)56-19-35(70)54-9-10-85-12-11-84-3/h6-7,18,23-24,26-33,67-68H,4-5,8-17,19-22,49H2,1-3H3,(H2,50,69)(H,53,58)(H,54,70)(H,56,76)(H,57,77)(H,59,71)(H,60,80)(H,61,81)(H,62,82)(H,63,83)(H,64,79)(H,65,78)(H,74,75)(H4,51,52,55)/t26-,27-,28-,29-,30-,31-,32-,33-/m0/s1. The summed E-state index contributed by atoms with van der Waals surface area (Å²) in [6.07, 6.45) is 1.70. The van der Waals surface area contributed by atoms with Gasteiger partial charge in [-0.2, -0.15) is 0 Å². The minimum absolute atomic E-state index is 0.0143. The van der Waals surface area contributed by atoms with Crippen LogP contribution in [0.3, 0.4) is 0 Å². The Bertz CT molecular complexity index is 2530. The lowest BCUT2D eigenvalue weighted by molar-refractivity contribution is -0.145. The van der Waals surface area contributed by atoms with Crippen molar-refractivity contribution in [1.29, 1.82) is 5.41 Å². The Labute approximate surface area is 485 Å². The van der Waals surface area contributed by atoms with Gasteiger partial charge in [0.2, 0.25) is 65.0 Å². The van der Waals surface area contributed by atoms with Crippen LogP contribution in [0.4, 0.5) is 0 Å². The van der Waals surface area contributed by atoms with E-state index in [2.05, 4.69) is 63.1 Å². The van der Waals surface area contributed by atoms with Crippen LogP contribution in [-0.2, 0) is 83.0 Å². The maximum atomic E-state index is 13.7. The number of nitrogens with one attached hydrogen (secondary N) is 13. The molecule has 1 aromatic heterocycles. The fourth-order valence-corrected chi connectivity index (χ4v) is 7.58. The molecule has 0 fully saturated rings. The van der Waals surface area contributed by atoms with Crippen LogP contribution in [-0.4, -0.2) is 240 Å². The topological polar surface area (TPSA) is 584 Å². The zero-order valence-electron chi connectivity index (χ0n) is 46.8. The van der Waals surface area contributed by atoms with Crippen molar-refractivity contribution in [1.82, 2.24) is 73.4 Å². The van der Waals surface area contributed by atoms with Crippen molar-refractivity contribution in [2.45, 2.75) is 101 Å². The first-order valence-corrected chi connectivity index (χ1v) is 26.3. The van der Waals surface area contributed by atoms with E-state index in [0.717, 1.165) is 12.2 Å². The number of nitrogens with zero attached hydrogens (tertiary/aromatic N) is 2. The number of amides is 13. The third kappa shape index (κ3) is 26.7. The maximum Gasteiger partial charge on any atom is 0.305 e. The molecule has 37 nitrogen and oxygen atoms in total. The monoisotopic (exact) mass is 1210 g/mol. The van der Waals surface area contributed by atoms with Crippen LogP contribution in [0.1, 0.15) is 51.6 Å². The third-order valence-corrected chi connectivity index (χ3v) is 11.8. The summed E-state index contributed by atoms with van der Waals surface area (Å²) in [5.41, 5.74) is 16.6. The van der Waals surface area contributed by atoms with Crippen LogP contribution in [0.5, 0.6) is 0 Å². The van der Waals surface area contributed by atoms with Crippen LogP contribution >= 0.6 is 0 Å². The van der Waals surface area contributed by atoms with Crippen LogP contribution in [0, 0.1) is 11.3 Å². The Kier molecular flexibility index (Phi) is 32.0. The van der Waals surface area contributed by atoms with E-state index in [9.17, 15) is 82.4 Å². The summed E-state index contributed by atoms with van der Waals surface area (Å²) in [4.78, 5) is 189. The van der Waals surface area contributed by atoms with Crippen molar-refractivity contribution in [2.24, 2.45) is 23.1 Å². The fourth-order valence-electron chi connectivity index (χ4n) is 7.58. The highest BCUT2D eigenvalue weighted by Gasteiger charge is 2.38. The van der Waals surface area contributed by atoms with Gasteiger partial charge in [-0.1, -0.05) is 13.8 Å². The lowest BCUT2D eigenvalue weighted by Crippen LogP contribution is -2.61. The molecule has 0 radical (unpaired) electrons. The van der Waals surface area contributed by atoms with Gasteiger partial charge in [-0.25, -0.2) is 4.98 Å². The second-order valence-electron chi connectivity index (χ2n) is 19.0. The third-order valence-electron chi connectivity index (χ3n) is 11.8. The largest absolute Gasteiger partial charge is 0.481 e. The summed E-state index contributed by atoms with van der Waals surface area (Å²) in [5.74, 6) is -16.2. The molecule has 1 aliphatic heterocycles. The molecule has 1 aliphatic rings. The number of guanidine groups is 1. The van der Waals surface area contributed by atoms with E-state index in [0.29, 0.717) is 11.5 Å². The fraction of sp³-hybridized carbons (Fsp3) is 0.583. The minimum Gasteiger partial charge on any atom is -0.481 e. The SMILES string of the molecule is COCCOCCNC(=O)CNC(=O)[C@H](Cc1c[nH]cn1)NC(=O)[C@H](CC(N)=O)NC(=O)[C@H](CC(=O)O)NC(=O)[C@H](CO)NC(=O)[C@H](CCCNC(=N)N)NC(=O)CNC(=O)[C@H](CO)NC(=O)[C@H](CC(C)C)NC(=O)[C@H](CN)N1C(=O)C=CC1=O. The van der Waals surface area contributed by atoms with Crippen molar-refractivity contribution in [3.8, 4) is 0 Å². The summed E-state index contributed by atoms with van der Waals surface area (Å²) in [6.45, 7) is -0.136. The summed E-state index contributed by atoms with van der Waals surface area (Å²) in [7, 11) is 1.48. The highest BCUT2D eigenvalue weighted by molar-refractivity contribution is 6.15. The lowest BCUT2D eigenvalue weighted by Gasteiger charge is -2.28. The number of hydrogen-bond acceptors (Lipinski definition) is 21. The summed E-state index contributed by atoms with van der Waals surface area (Å²) < 4.78 is 10.1. The molecule has 0 saturated heterocycles. The van der Waals surface area contributed by atoms with E-state index in [1.807, 2.05) is 5.32 Å². The van der Waals surface area contributed by atoms with Gasteiger partial charge in [-0.05, 0) is 25.2 Å². The number of nitrogens with two attached hydrogens (primary N) is 3. The van der Waals surface area contributed by atoms with Crippen molar-refractivity contribution in [3.63, 3.8) is 0 Å². The first kappa shape index (κ1) is 71.9. The van der Waals surface area contributed by atoms with Crippen LogP contribution in [0.2, 0.25) is 0 Å². The first-order valence-electron chi connectivity index (χ1n) is 26.3. The predicted octanol–water partition coefficient (Wildman–Crippen LogP) is -10.7. The van der Waals surface area contributed by atoms with Crippen LogP contribution < -0.4 is 75.7 Å². The number of aliphatic carboxylic acids is 1. The molecular weight excluding hydrogens is 1130 g/mol. The molecule has 0 spiro atoms. The first-order chi connectivity index (χ1) is 40.2.